The van der Waals surface area contributed by atoms with E-state index in [1.165, 1.54) is 0 Å². The highest BCUT2D eigenvalue weighted by Crippen LogP contribution is 2.26. The summed E-state index contributed by atoms with van der Waals surface area (Å²) in [6.45, 7) is 9.71. The van der Waals surface area contributed by atoms with Crippen molar-refractivity contribution in [3.05, 3.63) is 11.6 Å². The Labute approximate surface area is 102 Å². The van der Waals surface area contributed by atoms with E-state index in [0.29, 0.717) is 5.82 Å². The topological polar surface area (TPSA) is 68.0 Å². The fraction of sp³-hybridized carbons (Fsp3) is 0.750. The van der Waals surface area contributed by atoms with E-state index in [9.17, 15) is 9.90 Å². The Bertz CT molecular complexity index is 398. The molecule has 0 aliphatic rings. The van der Waals surface area contributed by atoms with Gasteiger partial charge in [0.1, 0.15) is 17.7 Å². The zero-order valence-corrected chi connectivity index (χ0v) is 11.1. The molecule has 0 radical (unpaired) electrons. The van der Waals surface area contributed by atoms with Crippen molar-refractivity contribution in [1.82, 2.24) is 14.8 Å². The van der Waals surface area contributed by atoms with Crippen LogP contribution in [-0.2, 0) is 4.79 Å². The molecular formula is C12H21N3O2. The van der Waals surface area contributed by atoms with Crippen LogP contribution in [0.2, 0.25) is 0 Å². The van der Waals surface area contributed by atoms with Gasteiger partial charge >= 0.3 is 5.97 Å². The van der Waals surface area contributed by atoms with Gasteiger partial charge in [-0.15, -0.1) is 10.2 Å². The summed E-state index contributed by atoms with van der Waals surface area (Å²) in [7, 11) is 0. The van der Waals surface area contributed by atoms with E-state index in [0.717, 1.165) is 12.2 Å². The zero-order chi connectivity index (χ0) is 13.2. The molecule has 1 rings (SSSR count). The summed E-state index contributed by atoms with van der Waals surface area (Å²) >= 11 is 0. The molecular weight excluding hydrogens is 218 g/mol. The lowest BCUT2D eigenvalue weighted by atomic mass is 10.0. The quantitative estimate of drug-likeness (QED) is 0.856. The molecule has 0 fully saturated rings. The van der Waals surface area contributed by atoms with E-state index < -0.39 is 12.0 Å². The van der Waals surface area contributed by atoms with Crippen LogP contribution >= 0.6 is 0 Å². The number of aliphatic carboxylic acids is 1. The fourth-order valence-corrected chi connectivity index (χ4v) is 1.94. The normalized spacial score (nSPS) is 14.9. The molecule has 0 saturated carbocycles. The third kappa shape index (κ3) is 2.65. The molecule has 5 nitrogen and oxygen atoms in total. The second-order valence-corrected chi connectivity index (χ2v) is 4.81. The van der Waals surface area contributed by atoms with Gasteiger partial charge in [-0.25, -0.2) is 4.79 Å². The summed E-state index contributed by atoms with van der Waals surface area (Å²) in [5.41, 5.74) is 0. The summed E-state index contributed by atoms with van der Waals surface area (Å²) in [4.78, 5) is 11.4. The molecule has 17 heavy (non-hydrogen) atoms. The first-order valence-corrected chi connectivity index (χ1v) is 6.04. The third-order valence-corrected chi connectivity index (χ3v) is 3.11. The van der Waals surface area contributed by atoms with Crippen molar-refractivity contribution < 1.29 is 9.90 Å². The van der Waals surface area contributed by atoms with Gasteiger partial charge in [0.2, 0.25) is 0 Å². The van der Waals surface area contributed by atoms with E-state index in [2.05, 4.69) is 17.1 Å². The second-order valence-electron chi connectivity index (χ2n) is 4.81. The summed E-state index contributed by atoms with van der Waals surface area (Å²) in [6, 6.07) is -0.589. The number of nitrogens with zero attached hydrogens (tertiary/aromatic N) is 3. The van der Waals surface area contributed by atoms with Crippen LogP contribution in [0.3, 0.4) is 0 Å². The average molecular weight is 239 g/mol. The van der Waals surface area contributed by atoms with E-state index >= 15 is 0 Å². The van der Waals surface area contributed by atoms with Crippen molar-refractivity contribution >= 4 is 5.97 Å². The SMILES string of the molecule is CCC(C)c1nnc(C)n1C(C(=O)O)C(C)C. The van der Waals surface area contributed by atoms with Crippen LogP contribution in [0.25, 0.3) is 0 Å². The van der Waals surface area contributed by atoms with Crippen molar-refractivity contribution in [3.63, 3.8) is 0 Å². The molecule has 1 aromatic rings. The smallest absolute Gasteiger partial charge is 0.327 e. The van der Waals surface area contributed by atoms with Crippen LogP contribution in [0.5, 0.6) is 0 Å². The molecule has 0 spiro atoms. The molecule has 0 amide bonds. The lowest BCUT2D eigenvalue weighted by molar-refractivity contribution is -0.142. The van der Waals surface area contributed by atoms with Gasteiger partial charge in [0.15, 0.2) is 0 Å². The Kier molecular flexibility index (Phi) is 4.26. The van der Waals surface area contributed by atoms with Crippen LogP contribution in [0.15, 0.2) is 0 Å². The number of aromatic nitrogens is 3. The molecule has 1 aromatic heterocycles. The molecule has 0 aliphatic carbocycles. The Hall–Kier alpha value is -1.39. The molecule has 1 N–H and O–H groups in total. The van der Waals surface area contributed by atoms with Gasteiger partial charge in [-0.05, 0) is 19.3 Å². The molecule has 0 saturated heterocycles. The maximum Gasteiger partial charge on any atom is 0.327 e. The molecule has 0 aromatic carbocycles. The predicted octanol–water partition coefficient (Wildman–Crippen LogP) is 2.38. The van der Waals surface area contributed by atoms with E-state index in [4.69, 9.17) is 0 Å². The number of carboxylic acid groups (broad SMARTS) is 1. The van der Waals surface area contributed by atoms with Gasteiger partial charge in [-0.2, -0.15) is 0 Å². The van der Waals surface area contributed by atoms with E-state index in [1.807, 2.05) is 20.8 Å². The fourth-order valence-electron chi connectivity index (χ4n) is 1.94. The second kappa shape index (κ2) is 5.29. The van der Waals surface area contributed by atoms with Gasteiger partial charge in [0.05, 0.1) is 0 Å². The minimum atomic E-state index is -0.826. The zero-order valence-electron chi connectivity index (χ0n) is 11.1. The van der Waals surface area contributed by atoms with Crippen LogP contribution < -0.4 is 0 Å². The summed E-state index contributed by atoms with van der Waals surface area (Å²) in [5, 5.41) is 17.5. The monoisotopic (exact) mass is 239 g/mol. The summed E-state index contributed by atoms with van der Waals surface area (Å²) in [6.07, 6.45) is 0.919. The summed E-state index contributed by atoms with van der Waals surface area (Å²) in [5.74, 6) is 0.835. The number of carbonyl (C=O) groups is 1. The Morgan fingerprint density at radius 2 is 1.94 bits per heavy atom. The van der Waals surface area contributed by atoms with Crippen molar-refractivity contribution in [2.75, 3.05) is 0 Å². The minimum Gasteiger partial charge on any atom is -0.480 e. The van der Waals surface area contributed by atoms with Crippen LogP contribution in [0.1, 0.15) is 57.7 Å². The van der Waals surface area contributed by atoms with Gasteiger partial charge in [0.25, 0.3) is 0 Å². The number of aryl methyl sites for hydroxylation is 1. The van der Waals surface area contributed by atoms with Crippen molar-refractivity contribution in [3.8, 4) is 0 Å². The van der Waals surface area contributed by atoms with Crippen LogP contribution in [-0.4, -0.2) is 25.8 Å². The lowest BCUT2D eigenvalue weighted by Crippen LogP contribution is -2.27. The molecule has 2 unspecified atom stereocenters. The molecule has 0 aliphatic heterocycles. The molecule has 1 heterocycles. The molecule has 0 bridgehead atoms. The highest BCUT2D eigenvalue weighted by Gasteiger charge is 2.29. The molecule has 96 valence electrons. The predicted molar refractivity (Wildman–Crippen MR) is 65.0 cm³/mol. The van der Waals surface area contributed by atoms with Crippen LogP contribution in [0, 0.1) is 12.8 Å². The largest absolute Gasteiger partial charge is 0.480 e. The first-order valence-electron chi connectivity index (χ1n) is 6.04. The van der Waals surface area contributed by atoms with Gasteiger partial charge < -0.3 is 9.67 Å². The summed E-state index contributed by atoms with van der Waals surface area (Å²) < 4.78 is 1.77. The molecule has 5 heteroatoms. The Morgan fingerprint density at radius 3 is 2.35 bits per heavy atom. The van der Waals surface area contributed by atoms with Crippen molar-refractivity contribution in [2.45, 2.75) is 53.0 Å². The highest BCUT2D eigenvalue weighted by atomic mass is 16.4. The van der Waals surface area contributed by atoms with Crippen LogP contribution in [0.4, 0.5) is 0 Å². The Morgan fingerprint density at radius 1 is 1.35 bits per heavy atom. The number of hydrogen-bond acceptors (Lipinski definition) is 3. The van der Waals surface area contributed by atoms with Crippen molar-refractivity contribution in [1.29, 1.82) is 0 Å². The maximum absolute atomic E-state index is 11.4. The highest BCUT2D eigenvalue weighted by molar-refractivity contribution is 5.72. The lowest BCUT2D eigenvalue weighted by Gasteiger charge is -2.22. The van der Waals surface area contributed by atoms with Gasteiger partial charge in [0, 0.05) is 5.92 Å². The van der Waals surface area contributed by atoms with E-state index in [-0.39, 0.29) is 11.8 Å². The molecule has 2 atom stereocenters. The maximum atomic E-state index is 11.4. The first kappa shape index (κ1) is 13.7. The average Bonchev–Trinajstić information content (AvgIpc) is 2.59. The Balaban J connectivity index is 3.27. The van der Waals surface area contributed by atoms with Gasteiger partial charge in [-0.1, -0.05) is 27.7 Å². The number of rotatable bonds is 5. The number of hydrogen-bond donors (Lipinski definition) is 1. The van der Waals surface area contributed by atoms with Gasteiger partial charge in [-0.3, -0.25) is 0 Å². The first-order chi connectivity index (χ1) is 7.90. The number of carboxylic acids is 1. The minimum absolute atomic E-state index is 0.00464. The van der Waals surface area contributed by atoms with E-state index in [1.54, 1.807) is 11.5 Å². The standard InChI is InChI=1S/C12H21N3O2/c1-6-8(4)11-14-13-9(5)15(11)10(7(2)3)12(16)17/h7-8,10H,6H2,1-5H3,(H,16,17). The third-order valence-electron chi connectivity index (χ3n) is 3.11. The van der Waals surface area contributed by atoms with Crippen molar-refractivity contribution in [2.24, 2.45) is 5.92 Å².